The number of methoxy groups -OCH3 is 1. The van der Waals surface area contributed by atoms with Crippen molar-refractivity contribution in [2.45, 2.75) is 18.9 Å². The lowest BCUT2D eigenvalue weighted by Gasteiger charge is -2.31. The van der Waals surface area contributed by atoms with E-state index in [0.717, 1.165) is 25.2 Å². The summed E-state index contributed by atoms with van der Waals surface area (Å²) in [6, 6.07) is 5.69. The number of anilines is 1. The van der Waals surface area contributed by atoms with Crippen LogP contribution in [0, 0.1) is 0 Å². The minimum atomic E-state index is -0.230. The predicted molar refractivity (Wildman–Crippen MR) is 58.2 cm³/mol. The lowest BCUT2D eigenvalue weighted by atomic mass is 10.1. The molecule has 0 aliphatic carbocycles. The van der Waals surface area contributed by atoms with Crippen molar-refractivity contribution in [3.05, 3.63) is 18.2 Å². The summed E-state index contributed by atoms with van der Waals surface area (Å²) < 4.78 is 5.07. The Morgan fingerprint density at radius 2 is 2.40 bits per heavy atom. The molecule has 1 aliphatic heterocycles. The summed E-state index contributed by atoms with van der Waals surface area (Å²) in [5.41, 5.74) is 0. The third-order valence-electron chi connectivity index (χ3n) is 2.64. The number of hydrogen-bond donors (Lipinski definition) is 1. The van der Waals surface area contributed by atoms with E-state index < -0.39 is 0 Å². The molecule has 0 radical (unpaired) electrons. The van der Waals surface area contributed by atoms with Crippen LogP contribution in [0.5, 0.6) is 5.88 Å². The van der Waals surface area contributed by atoms with Gasteiger partial charge in [-0.2, -0.15) is 4.98 Å². The predicted octanol–water partition coefficient (Wildman–Crippen LogP) is 1.05. The SMILES string of the molecule is COc1cccc(N2CCCC(O)C2)n1. The minimum absolute atomic E-state index is 0.230. The van der Waals surface area contributed by atoms with Crippen LogP contribution in [0.1, 0.15) is 12.8 Å². The number of β-amino-alcohol motifs (C(OH)–C–C–N with tert-alkyl or cyclic N) is 1. The highest BCUT2D eigenvalue weighted by atomic mass is 16.5. The number of piperidine rings is 1. The van der Waals surface area contributed by atoms with Gasteiger partial charge in [-0.15, -0.1) is 0 Å². The van der Waals surface area contributed by atoms with Gasteiger partial charge in [0.1, 0.15) is 5.82 Å². The van der Waals surface area contributed by atoms with Crippen molar-refractivity contribution in [2.75, 3.05) is 25.1 Å². The van der Waals surface area contributed by atoms with Crippen molar-refractivity contribution in [1.29, 1.82) is 0 Å². The Morgan fingerprint density at radius 3 is 3.13 bits per heavy atom. The molecule has 1 unspecified atom stereocenters. The fourth-order valence-electron chi connectivity index (χ4n) is 1.86. The van der Waals surface area contributed by atoms with Crippen molar-refractivity contribution in [3.63, 3.8) is 0 Å². The Kier molecular flexibility index (Phi) is 3.06. The van der Waals surface area contributed by atoms with Gasteiger partial charge in [0.15, 0.2) is 0 Å². The number of aliphatic hydroxyl groups excluding tert-OH is 1. The number of rotatable bonds is 2. The molecule has 1 saturated heterocycles. The quantitative estimate of drug-likeness (QED) is 0.789. The van der Waals surface area contributed by atoms with E-state index >= 15 is 0 Å². The molecule has 82 valence electrons. The van der Waals surface area contributed by atoms with Crippen LogP contribution >= 0.6 is 0 Å². The lowest BCUT2D eigenvalue weighted by Crippen LogP contribution is -2.38. The van der Waals surface area contributed by atoms with E-state index in [1.165, 1.54) is 0 Å². The molecule has 15 heavy (non-hydrogen) atoms. The normalized spacial score (nSPS) is 21.5. The number of nitrogens with zero attached hydrogens (tertiary/aromatic N) is 2. The third kappa shape index (κ3) is 2.39. The average Bonchev–Trinajstić information content (AvgIpc) is 2.29. The molecule has 2 heterocycles. The largest absolute Gasteiger partial charge is 0.481 e. The van der Waals surface area contributed by atoms with E-state index in [4.69, 9.17) is 4.74 Å². The minimum Gasteiger partial charge on any atom is -0.481 e. The summed E-state index contributed by atoms with van der Waals surface area (Å²) in [4.78, 5) is 6.44. The van der Waals surface area contributed by atoms with Gasteiger partial charge in [0.25, 0.3) is 0 Å². The van der Waals surface area contributed by atoms with Crippen LogP contribution in [0.4, 0.5) is 5.82 Å². The summed E-state index contributed by atoms with van der Waals surface area (Å²) in [6.45, 7) is 1.62. The molecule has 0 spiro atoms. The number of ether oxygens (including phenoxy) is 1. The van der Waals surface area contributed by atoms with Crippen molar-refractivity contribution in [3.8, 4) is 5.88 Å². The molecule has 4 nitrogen and oxygen atoms in total. The molecule has 4 heteroatoms. The van der Waals surface area contributed by atoms with Crippen LogP contribution in [-0.4, -0.2) is 36.4 Å². The maximum Gasteiger partial charge on any atom is 0.214 e. The van der Waals surface area contributed by atoms with E-state index in [1.807, 2.05) is 18.2 Å². The molecule has 0 saturated carbocycles. The van der Waals surface area contributed by atoms with E-state index in [-0.39, 0.29) is 6.10 Å². The molecule has 2 rings (SSSR count). The molecular weight excluding hydrogens is 192 g/mol. The van der Waals surface area contributed by atoms with Gasteiger partial charge in [0.05, 0.1) is 13.2 Å². The fourth-order valence-corrected chi connectivity index (χ4v) is 1.86. The van der Waals surface area contributed by atoms with Gasteiger partial charge in [-0.25, -0.2) is 0 Å². The fraction of sp³-hybridized carbons (Fsp3) is 0.545. The highest BCUT2D eigenvalue weighted by Gasteiger charge is 2.18. The van der Waals surface area contributed by atoms with E-state index in [1.54, 1.807) is 7.11 Å². The first-order chi connectivity index (χ1) is 7.29. The smallest absolute Gasteiger partial charge is 0.214 e. The molecule has 0 bridgehead atoms. The summed E-state index contributed by atoms with van der Waals surface area (Å²) in [5.74, 6) is 1.50. The standard InChI is InChI=1S/C11H16N2O2/c1-15-11-6-2-5-10(12-11)13-7-3-4-9(14)8-13/h2,5-6,9,14H,3-4,7-8H2,1H3. The lowest BCUT2D eigenvalue weighted by molar-refractivity contribution is 0.154. The zero-order chi connectivity index (χ0) is 10.7. The van der Waals surface area contributed by atoms with Crippen LogP contribution in [0.3, 0.4) is 0 Å². The van der Waals surface area contributed by atoms with Crippen molar-refractivity contribution in [2.24, 2.45) is 0 Å². The molecule has 0 amide bonds. The number of pyridine rings is 1. The van der Waals surface area contributed by atoms with Crippen LogP contribution in [-0.2, 0) is 0 Å². The Bertz CT molecular complexity index is 330. The van der Waals surface area contributed by atoms with Crippen molar-refractivity contribution in [1.82, 2.24) is 4.98 Å². The third-order valence-corrected chi connectivity index (χ3v) is 2.64. The van der Waals surface area contributed by atoms with E-state index in [0.29, 0.717) is 12.4 Å². The van der Waals surface area contributed by atoms with Crippen LogP contribution in [0.25, 0.3) is 0 Å². The second-order valence-corrected chi connectivity index (χ2v) is 3.78. The average molecular weight is 208 g/mol. The van der Waals surface area contributed by atoms with Gasteiger partial charge in [0.2, 0.25) is 5.88 Å². The first-order valence-corrected chi connectivity index (χ1v) is 5.23. The zero-order valence-corrected chi connectivity index (χ0v) is 8.89. The number of aromatic nitrogens is 1. The monoisotopic (exact) mass is 208 g/mol. The molecule has 1 aliphatic rings. The van der Waals surface area contributed by atoms with Crippen LogP contribution in [0.2, 0.25) is 0 Å². The molecule has 1 aromatic rings. The van der Waals surface area contributed by atoms with Crippen LogP contribution < -0.4 is 9.64 Å². The van der Waals surface area contributed by atoms with Gasteiger partial charge < -0.3 is 14.7 Å². The Hall–Kier alpha value is -1.29. The van der Waals surface area contributed by atoms with Gasteiger partial charge in [-0.1, -0.05) is 6.07 Å². The topological polar surface area (TPSA) is 45.6 Å². The van der Waals surface area contributed by atoms with Crippen LogP contribution in [0.15, 0.2) is 18.2 Å². The first-order valence-electron chi connectivity index (χ1n) is 5.23. The van der Waals surface area contributed by atoms with Crippen molar-refractivity contribution < 1.29 is 9.84 Å². The van der Waals surface area contributed by atoms with Crippen molar-refractivity contribution >= 4 is 5.82 Å². The highest BCUT2D eigenvalue weighted by Crippen LogP contribution is 2.19. The van der Waals surface area contributed by atoms with Gasteiger partial charge in [-0.3, -0.25) is 0 Å². The Balaban J connectivity index is 2.13. The second-order valence-electron chi connectivity index (χ2n) is 3.78. The molecule has 1 aromatic heterocycles. The molecule has 0 aromatic carbocycles. The van der Waals surface area contributed by atoms with E-state index in [9.17, 15) is 5.11 Å². The molecule has 1 fully saturated rings. The zero-order valence-electron chi connectivity index (χ0n) is 8.89. The number of hydrogen-bond acceptors (Lipinski definition) is 4. The highest BCUT2D eigenvalue weighted by molar-refractivity contribution is 5.41. The molecule has 1 N–H and O–H groups in total. The molecule has 1 atom stereocenters. The second kappa shape index (κ2) is 4.49. The number of aliphatic hydroxyl groups is 1. The maximum atomic E-state index is 9.57. The summed E-state index contributed by atoms with van der Waals surface area (Å²) in [6.07, 6.45) is 1.67. The maximum absolute atomic E-state index is 9.57. The van der Waals surface area contributed by atoms with E-state index in [2.05, 4.69) is 9.88 Å². The Labute approximate surface area is 89.5 Å². The van der Waals surface area contributed by atoms with Gasteiger partial charge >= 0.3 is 0 Å². The summed E-state index contributed by atoms with van der Waals surface area (Å²) >= 11 is 0. The summed E-state index contributed by atoms with van der Waals surface area (Å²) in [7, 11) is 1.61. The summed E-state index contributed by atoms with van der Waals surface area (Å²) in [5, 5.41) is 9.57. The Morgan fingerprint density at radius 1 is 1.53 bits per heavy atom. The van der Waals surface area contributed by atoms with Gasteiger partial charge in [0, 0.05) is 19.2 Å². The first kappa shape index (κ1) is 10.2. The molecular formula is C11H16N2O2. The van der Waals surface area contributed by atoms with Gasteiger partial charge in [-0.05, 0) is 18.9 Å².